The predicted octanol–water partition coefficient (Wildman–Crippen LogP) is 5.21. The van der Waals surface area contributed by atoms with Gasteiger partial charge in [-0.1, -0.05) is 0 Å². The van der Waals surface area contributed by atoms with Crippen LogP contribution in [0.1, 0.15) is 95.9 Å². The van der Waals surface area contributed by atoms with Crippen molar-refractivity contribution < 1.29 is 38.1 Å². The van der Waals surface area contributed by atoms with Crippen LogP contribution < -0.4 is 36.8 Å². The van der Waals surface area contributed by atoms with E-state index in [4.69, 9.17) is 34.6 Å². The Hall–Kier alpha value is -4.96. The summed E-state index contributed by atoms with van der Waals surface area (Å²) in [5.41, 5.74) is 4.86. The number of anilines is 3. The normalized spacial score (nSPS) is 20.9. The molecular weight excluding hydrogens is 710 g/mol. The van der Waals surface area contributed by atoms with Gasteiger partial charge in [-0.2, -0.15) is 0 Å². The minimum absolute atomic E-state index is 0.286. The van der Waals surface area contributed by atoms with Crippen LogP contribution in [0, 0.1) is 0 Å². The van der Waals surface area contributed by atoms with Crippen LogP contribution in [-0.4, -0.2) is 107 Å². The highest BCUT2D eigenvalue weighted by Gasteiger charge is 2.37. The summed E-state index contributed by atoms with van der Waals surface area (Å²) in [7, 11) is 0. The molecule has 2 aromatic rings. The molecule has 1 aromatic carbocycles. The van der Waals surface area contributed by atoms with Gasteiger partial charge in [-0.15, -0.1) is 0 Å². The van der Waals surface area contributed by atoms with Crippen molar-refractivity contribution in [3.63, 3.8) is 0 Å². The molecule has 2 saturated heterocycles. The largest absolute Gasteiger partial charge is 0.444 e. The molecule has 2 aliphatic heterocycles. The van der Waals surface area contributed by atoms with Crippen LogP contribution in [0.25, 0.3) is 11.0 Å². The van der Waals surface area contributed by atoms with Gasteiger partial charge < -0.3 is 55.7 Å². The van der Waals surface area contributed by atoms with E-state index >= 15 is 0 Å². The van der Waals surface area contributed by atoms with E-state index in [-0.39, 0.29) is 13.1 Å². The first-order valence-corrected chi connectivity index (χ1v) is 18.8. The number of fused-ring (bicyclic) bond motifs is 1. The van der Waals surface area contributed by atoms with Gasteiger partial charge in [-0.25, -0.2) is 29.1 Å². The van der Waals surface area contributed by atoms with Crippen molar-refractivity contribution in [2.75, 3.05) is 41.7 Å². The average Bonchev–Trinajstić information content (AvgIpc) is 2.96. The van der Waals surface area contributed by atoms with Gasteiger partial charge in [0.2, 0.25) is 0 Å². The Morgan fingerprint density at radius 1 is 0.545 bits per heavy atom. The number of ether oxygens (including phenoxy) is 4. The van der Waals surface area contributed by atoms with E-state index in [0.717, 1.165) is 0 Å². The second-order valence-corrected chi connectivity index (χ2v) is 18.3. The number of hydrogen-bond donors (Lipinski definition) is 5. The highest BCUT2D eigenvalue weighted by molar-refractivity contribution is 5.84. The van der Waals surface area contributed by atoms with Crippen LogP contribution in [0.2, 0.25) is 0 Å². The second kappa shape index (κ2) is 16.4. The van der Waals surface area contributed by atoms with E-state index < -0.39 is 70.9 Å². The minimum Gasteiger partial charge on any atom is -0.444 e. The van der Waals surface area contributed by atoms with Gasteiger partial charge in [0.05, 0.1) is 35.2 Å². The van der Waals surface area contributed by atoms with Crippen LogP contribution in [0.3, 0.4) is 0 Å². The Kier molecular flexibility index (Phi) is 12.8. The van der Waals surface area contributed by atoms with E-state index in [1.807, 2.05) is 9.80 Å². The fourth-order valence-electron chi connectivity index (χ4n) is 6.34. The summed E-state index contributed by atoms with van der Waals surface area (Å²) < 4.78 is 22.3. The van der Waals surface area contributed by atoms with Gasteiger partial charge in [0, 0.05) is 31.9 Å². The number of benzene rings is 1. The third-order valence-corrected chi connectivity index (χ3v) is 8.04. The fourth-order valence-corrected chi connectivity index (χ4v) is 6.34. The zero-order valence-electron chi connectivity index (χ0n) is 34.4. The van der Waals surface area contributed by atoms with Crippen molar-refractivity contribution in [3.05, 3.63) is 18.2 Å². The molecule has 17 nitrogen and oxygen atoms in total. The molecule has 0 radical (unpaired) electrons. The van der Waals surface area contributed by atoms with Crippen LogP contribution in [0.5, 0.6) is 0 Å². The lowest BCUT2D eigenvalue weighted by atomic mass is 9.99. The molecule has 0 spiro atoms. The number of nitrogens with one attached hydrogen (secondary N) is 4. The van der Waals surface area contributed by atoms with E-state index in [0.29, 0.717) is 54.3 Å². The lowest BCUT2D eigenvalue weighted by Crippen LogP contribution is -2.59. The number of rotatable bonds is 6. The molecule has 3 heterocycles. The monoisotopic (exact) mass is 771 g/mol. The number of carbonyl (C=O) groups excluding carboxylic acids is 4. The maximum Gasteiger partial charge on any atom is 0.407 e. The molecule has 4 unspecified atom stereocenters. The Labute approximate surface area is 324 Å². The third kappa shape index (κ3) is 14.0. The first-order chi connectivity index (χ1) is 25.2. The SMILES string of the molecule is CC(C)(C)OC(=O)NC1CC(NC(=O)OC(C)(C)C)CN(c2nc3ccc(N)cc3nc2N2CC(NC(=O)OC(C)(C)C)CC(NC(=O)OC(C)(C)C)C2)C1. The Bertz CT molecular complexity index is 1630. The van der Waals surface area contributed by atoms with Crippen molar-refractivity contribution in [1.82, 2.24) is 31.2 Å². The first kappa shape index (κ1) is 42.8. The van der Waals surface area contributed by atoms with Gasteiger partial charge in [0.15, 0.2) is 11.6 Å². The molecule has 2 aliphatic rings. The second-order valence-electron chi connectivity index (χ2n) is 18.3. The summed E-state index contributed by atoms with van der Waals surface area (Å²) in [6.07, 6.45) is -1.63. The van der Waals surface area contributed by atoms with Crippen molar-refractivity contribution >= 4 is 52.7 Å². The number of carbonyl (C=O) groups is 4. The van der Waals surface area contributed by atoms with Crippen molar-refractivity contribution in [1.29, 1.82) is 0 Å². The van der Waals surface area contributed by atoms with Gasteiger partial charge in [0.25, 0.3) is 0 Å². The number of nitrogens with two attached hydrogens (primary N) is 1. The number of aromatic nitrogens is 2. The van der Waals surface area contributed by atoms with Gasteiger partial charge >= 0.3 is 24.4 Å². The summed E-state index contributed by atoms with van der Waals surface area (Å²) in [6, 6.07) is 3.30. The minimum atomic E-state index is -0.731. The van der Waals surface area contributed by atoms with Crippen LogP contribution >= 0.6 is 0 Å². The molecule has 0 saturated carbocycles. The van der Waals surface area contributed by atoms with Gasteiger partial charge in [-0.3, -0.25) is 0 Å². The molecule has 4 amide bonds. The molecule has 6 N–H and O–H groups in total. The van der Waals surface area contributed by atoms with Crippen molar-refractivity contribution in [2.45, 2.75) is 142 Å². The summed E-state index contributed by atoms with van der Waals surface area (Å²) in [5, 5.41) is 11.9. The van der Waals surface area contributed by atoms with E-state index in [1.54, 1.807) is 101 Å². The van der Waals surface area contributed by atoms with E-state index in [2.05, 4.69) is 21.3 Å². The molecule has 4 atom stereocenters. The molecule has 306 valence electrons. The maximum atomic E-state index is 13.0. The Balaban J connectivity index is 1.77. The zero-order valence-corrected chi connectivity index (χ0v) is 34.4. The van der Waals surface area contributed by atoms with Gasteiger partial charge in [0.1, 0.15) is 22.4 Å². The smallest absolute Gasteiger partial charge is 0.407 e. The Morgan fingerprint density at radius 2 is 0.836 bits per heavy atom. The van der Waals surface area contributed by atoms with Crippen molar-refractivity contribution in [3.8, 4) is 0 Å². The number of nitrogens with zero attached hydrogens (tertiary/aromatic N) is 4. The molecule has 55 heavy (non-hydrogen) atoms. The van der Waals surface area contributed by atoms with Crippen molar-refractivity contribution in [2.24, 2.45) is 0 Å². The number of amides is 4. The topological polar surface area (TPSA) is 212 Å². The predicted molar refractivity (Wildman–Crippen MR) is 210 cm³/mol. The number of alkyl carbamates (subject to hydrolysis) is 4. The summed E-state index contributed by atoms with van der Waals surface area (Å²) in [4.78, 5) is 66.2. The molecule has 4 rings (SSSR count). The maximum absolute atomic E-state index is 13.0. The van der Waals surface area contributed by atoms with Crippen LogP contribution in [0.15, 0.2) is 18.2 Å². The summed E-state index contributed by atoms with van der Waals surface area (Å²) in [6.45, 7) is 22.5. The lowest BCUT2D eigenvalue weighted by molar-refractivity contribution is 0.0451. The van der Waals surface area contributed by atoms with E-state index in [9.17, 15) is 19.2 Å². The average molecular weight is 772 g/mol. The molecule has 2 fully saturated rings. The molecule has 1 aromatic heterocycles. The molecule has 17 heteroatoms. The molecule has 0 bridgehead atoms. The highest BCUT2D eigenvalue weighted by atomic mass is 16.6. The highest BCUT2D eigenvalue weighted by Crippen LogP contribution is 2.33. The summed E-state index contributed by atoms with van der Waals surface area (Å²) in [5.74, 6) is 0.900. The quantitative estimate of drug-likeness (QED) is 0.189. The third-order valence-electron chi connectivity index (χ3n) is 8.04. The number of nitrogen functional groups attached to an aromatic ring is 1. The van der Waals surface area contributed by atoms with Crippen LogP contribution in [-0.2, 0) is 18.9 Å². The number of piperidine rings is 2. The first-order valence-electron chi connectivity index (χ1n) is 18.8. The lowest BCUT2D eigenvalue weighted by Gasteiger charge is -2.43. The Morgan fingerprint density at radius 3 is 1.13 bits per heavy atom. The molecular formula is C38H61N9O8. The standard InChI is InChI=1S/C38H61N9O8/c1-35(2,3)52-31(48)40-23-16-24(41-32(49)53-36(4,5)6)19-46(18-23)29-30(45-28-15-22(39)13-14-27(28)44-29)47-20-25(42-33(50)54-37(7,8)9)17-26(21-47)43-34(51)55-38(10,11)12/h13-15,23-26H,16-21,39H2,1-12H3,(H,40,48)(H,41,49)(H,42,50)(H,43,51). The molecule has 0 aliphatic carbocycles. The summed E-state index contributed by atoms with van der Waals surface area (Å²) >= 11 is 0. The van der Waals surface area contributed by atoms with Crippen LogP contribution in [0.4, 0.5) is 36.5 Å². The fraction of sp³-hybridized carbons (Fsp3) is 0.684. The zero-order chi connectivity index (χ0) is 41.1. The van der Waals surface area contributed by atoms with E-state index in [1.165, 1.54) is 0 Å². The number of hydrogen-bond acceptors (Lipinski definition) is 13. The van der Waals surface area contributed by atoms with Gasteiger partial charge in [-0.05, 0) is 114 Å².